The molecule has 0 radical (unpaired) electrons. The number of methoxy groups -OCH3 is 3. The molecule has 6 heteroatoms. The number of ether oxygens (including phenoxy) is 4. The summed E-state index contributed by atoms with van der Waals surface area (Å²) in [6.45, 7) is 6.22. The van der Waals surface area contributed by atoms with Crippen molar-refractivity contribution < 1.29 is 23.7 Å². The maximum Gasteiger partial charge on any atom is 0.261 e. The highest BCUT2D eigenvalue weighted by atomic mass is 16.5. The topological polar surface area (TPSA) is 66.0 Å². The summed E-state index contributed by atoms with van der Waals surface area (Å²) in [5, 5.41) is 2.93. The van der Waals surface area contributed by atoms with Gasteiger partial charge in [-0.15, -0.1) is 0 Å². The van der Waals surface area contributed by atoms with Crippen LogP contribution in [0.25, 0.3) is 0 Å². The third-order valence-corrected chi connectivity index (χ3v) is 4.73. The van der Waals surface area contributed by atoms with Crippen LogP contribution in [0, 0.1) is 13.8 Å². The Morgan fingerprint density at radius 1 is 0.964 bits per heavy atom. The molecule has 6 nitrogen and oxygen atoms in total. The number of nitrogens with one attached hydrogen (secondary N) is 1. The van der Waals surface area contributed by atoms with Crippen molar-refractivity contribution in [2.24, 2.45) is 0 Å². The van der Waals surface area contributed by atoms with Gasteiger partial charge >= 0.3 is 0 Å². The quantitative estimate of drug-likeness (QED) is 0.709. The van der Waals surface area contributed by atoms with E-state index in [9.17, 15) is 4.79 Å². The van der Waals surface area contributed by atoms with Crippen LogP contribution in [-0.4, -0.2) is 33.3 Å². The lowest BCUT2D eigenvalue weighted by Gasteiger charge is -2.20. The third kappa shape index (κ3) is 4.68. The Kier molecular flexibility index (Phi) is 7.55. The molecule has 2 rings (SSSR count). The van der Waals surface area contributed by atoms with Crippen molar-refractivity contribution in [1.82, 2.24) is 5.32 Å². The molecule has 0 bridgehead atoms. The van der Waals surface area contributed by atoms with Gasteiger partial charge in [-0.25, -0.2) is 0 Å². The van der Waals surface area contributed by atoms with Crippen LogP contribution < -0.4 is 24.3 Å². The molecule has 2 aromatic carbocycles. The minimum Gasteiger partial charge on any atom is -0.493 e. The van der Waals surface area contributed by atoms with Crippen molar-refractivity contribution in [2.45, 2.75) is 39.8 Å². The van der Waals surface area contributed by atoms with Gasteiger partial charge in [0.05, 0.1) is 21.3 Å². The van der Waals surface area contributed by atoms with Gasteiger partial charge in [0.1, 0.15) is 5.75 Å². The Balaban J connectivity index is 2.12. The van der Waals surface area contributed by atoms with Crippen LogP contribution in [0.1, 0.15) is 30.0 Å². The molecular formula is C22H29NO5. The average Bonchev–Trinajstić information content (AvgIpc) is 2.71. The second-order valence-electron chi connectivity index (χ2n) is 6.42. The number of hydrogen-bond donors (Lipinski definition) is 1. The number of rotatable bonds is 9. The number of aryl methyl sites for hydroxylation is 1. The van der Waals surface area contributed by atoms with E-state index in [4.69, 9.17) is 18.9 Å². The number of carbonyl (C=O) groups excluding carboxylic acids is 1. The van der Waals surface area contributed by atoms with Crippen molar-refractivity contribution in [3.63, 3.8) is 0 Å². The van der Waals surface area contributed by atoms with Gasteiger partial charge in [0.25, 0.3) is 5.91 Å². The molecule has 0 saturated heterocycles. The second-order valence-corrected chi connectivity index (χ2v) is 6.42. The van der Waals surface area contributed by atoms with Crippen LogP contribution in [0.3, 0.4) is 0 Å². The van der Waals surface area contributed by atoms with Crippen LogP contribution in [-0.2, 0) is 11.3 Å². The molecule has 0 aliphatic heterocycles. The molecule has 2 aromatic rings. The highest BCUT2D eigenvalue weighted by molar-refractivity contribution is 5.81. The summed E-state index contributed by atoms with van der Waals surface area (Å²) < 4.78 is 22.1. The fourth-order valence-electron chi connectivity index (χ4n) is 2.93. The SMILES string of the molecule is CCC(Oc1cccc(C)c1C)C(=O)NCc1ccc(OC)c(OC)c1OC. The summed E-state index contributed by atoms with van der Waals surface area (Å²) in [6.07, 6.45) is -0.0194. The molecular weight excluding hydrogens is 358 g/mol. The molecule has 28 heavy (non-hydrogen) atoms. The second kappa shape index (κ2) is 9.88. The van der Waals surface area contributed by atoms with E-state index in [2.05, 4.69) is 5.32 Å². The Labute approximate surface area is 166 Å². The molecule has 1 atom stereocenters. The van der Waals surface area contributed by atoms with Gasteiger partial charge in [-0.05, 0) is 49.6 Å². The van der Waals surface area contributed by atoms with E-state index in [1.54, 1.807) is 27.4 Å². The van der Waals surface area contributed by atoms with E-state index in [0.29, 0.717) is 23.7 Å². The third-order valence-electron chi connectivity index (χ3n) is 4.73. The normalized spacial score (nSPS) is 11.5. The van der Waals surface area contributed by atoms with Crippen molar-refractivity contribution in [1.29, 1.82) is 0 Å². The van der Waals surface area contributed by atoms with Gasteiger partial charge in [0.15, 0.2) is 17.6 Å². The molecule has 0 spiro atoms. The van der Waals surface area contributed by atoms with Gasteiger partial charge in [0, 0.05) is 12.1 Å². The number of hydrogen-bond acceptors (Lipinski definition) is 5. The Hall–Kier alpha value is -2.89. The maximum absolute atomic E-state index is 12.7. The first kappa shape index (κ1) is 21.4. The summed E-state index contributed by atoms with van der Waals surface area (Å²) in [4.78, 5) is 12.7. The molecule has 0 saturated carbocycles. The molecule has 0 fully saturated rings. The lowest BCUT2D eigenvalue weighted by molar-refractivity contribution is -0.128. The van der Waals surface area contributed by atoms with Crippen LogP contribution in [0.15, 0.2) is 30.3 Å². The zero-order valence-corrected chi connectivity index (χ0v) is 17.4. The highest BCUT2D eigenvalue weighted by Gasteiger charge is 2.21. The average molecular weight is 387 g/mol. The number of benzene rings is 2. The van der Waals surface area contributed by atoms with E-state index in [0.717, 1.165) is 22.4 Å². The number of amides is 1. The maximum atomic E-state index is 12.7. The van der Waals surface area contributed by atoms with Crippen molar-refractivity contribution in [3.8, 4) is 23.0 Å². The Morgan fingerprint density at radius 2 is 1.68 bits per heavy atom. The molecule has 0 aliphatic carbocycles. The fraction of sp³-hybridized carbons (Fsp3) is 0.409. The van der Waals surface area contributed by atoms with Gasteiger partial charge < -0.3 is 24.3 Å². The first-order valence-corrected chi connectivity index (χ1v) is 9.25. The van der Waals surface area contributed by atoms with Crippen LogP contribution >= 0.6 is 0 Å². The lowest BCUT2D eigenvalue weighted by atomic mass is 10.1. The zero-order chi connectivity index (χ0) is 20.7. The zero-order valence-electron chi connectivity index (χ0n) is 17.4. The van der Waals surface area contributed by atoms with Crippen molar-refractivity contribution in [3.05, 3.63) is 47.0 Å². The Bertz CT molecular complexity index is 819. The van der Waals surface area contributed by atoms with Gasteiger partial charge in [0.2, 0.25) is 5.75 Å². The van der Waals surface area contributed by atoms with Crippen LogP contribution in [0.2, 0.25) is 0 Å². The predicted octanol–water partition coefficient (Wildman–Crippen LogP) is 3.80. The van der Waals surface area contributed by atoms with Gasteiger partial charge in [-0.2, -0.15) is 0 Å². The molecule has 0 aromatic heterocycles. The van der Waals surface area contributed by atoms with Crippen molar-refractivity contribution in [2.75, 3.05) is 21.3 Å². The van der Waals surface area contributed by atoms with Gasteiger partial charge in [-0.1, -0.05) is 19.1 Å². The van der Waals surface area contributed by atoms with E-state index < -0.39 is 6.10 Å². The molecule has 0 aliphatic rings. The summed E-state index contributed by atoms with van der Waals surface area (Å²) in [5.74, 6) is 2.14. The monoisotopic (exact) mass is 387 g/mol. The largest absolute Gasteiger partial charge is 0.493 e. The molecule has 1 N–H and O–H groups in total. The fourth-order valence-corrected chi connectivity index (χ4v) is 2.93. The molecule has 1 unspecified atom stereocenters. The van der Waals surface area contributed by atoms with Crippen LogP contribution in [0.5, 0.6) is 23.0 Å². The standard InChI is InChI=1S/C22H29NO5/c1-7-17(28-18-10-8-9-14(2)15(18)3)22(24)23-13-16-11-12-19(25-4)21(27-6)20(16)26-5/h8-12,17H,7,13H2,1-6H3,(H,23,24). The lowest BCUT2D eigenvalue weighted by Crippen LogP contribution is -2.37. The minimum atomic E-state index is -0.577. The Morgan fingerprint density at radius 3 is 2.29 bits per heavy atom. The minimum absolute atomic E-state index is 0.180. The summed E-state index contributed by atoms with van der Waals surface area (Å²) >= 11 is 0. The predicted molar refractivity (Wildman–Crippen MR) is 109 cm³/mol. The first-order chi connectivity index (χ1) is 13.5. The highest BCUT2D eigenvalue weighted by Crippen LogP contribution is 2.39. The van der Waals surface area contributed by atoms with E-state index >= 15 is 0 Å². The van der Waals surface area contributed by atoms with Crippen molar-refractivity contribution >= 4 is 5.91 Å². The van der Waals surface area contributed by atoms with Crippen LogP contribution in [0.4, 0.5) is 0 Å². The summed E-state index contributed by atoms with van der Waals surface area (Å²) in [6, 6.07) is 9.46. The smallest absolute Gasteiger partial charge is 0.261 e. The van der Waals surface area contributed by atoms with E-state index in [-0.39, 0.29) is 12.5 Å². The number of carbonyl (C=O) groups is 1. The molecule has 0 heterocycles. The summed E-state index contributed by atoms with van der Waals surface area (Å²) in [5.41, 5.74) is 2.95. The van der Waals surface area contributed by atoms with Gasteiger partial charge in [-0.3, -0.25) is 4.79 Å². The molecule has 152 valence electrons. The first-order valence-electron chi connectivity index (χ1n) is 9.25. The molecule has 1 amide bonds. The van der Waals surface area contributed by atoms with E-state index in [1.165, 1.54) is 0 Å². The van der Waals surface area contributed by atoms with E-state index in [1.807, 2.05) is 45.0 Å². The summed E-state index contributed by atoms with van der Waals surface area (Å²) in [7, 11) is 4.67.